The molecule has 27 heavy (non-hydrogen) atoms. The molecule has 0 nitrogen and oxygen atoms in total. The van der Waals surface area contributed by atoms with Crippen molar-refractivity contribution in [3.63, 3.8) is 0 Å². The normalized spacial score (nSPS) is 9.93. The van der Waals surface area contributed by atoms with Gasteiger partial charge >= 0.3 is 0 Å². The van der Waals surface area contributed by atoms with Crippen LogP contribution in [0.4, 0.5) is 0 Å². The minimum Gasteiger partial charge on any atom is -0.0776 e. The maximum atomic E-state index is 2.29. The molecular weight excluding hydrogens is 324 g/mol. The van der Waals surface area contributed by atoms with E-state index in [-0.39, 0.29) is 7.43 Å². The fourth-order valence-electron chi connectivity index (χ4n) is 3.23. The predicted octanol–water partition coefficient (Wildman–Crippen LogP) is 8.93. The maximum Gasteiger partial charge on any atom is -0.00204 e. The molecule has 0 fully saturated rings. The first-order valence-corrected chi connectivity index (χ1v) is 10.8. The Labute approximate surface area is 170 Å². The molecule has 0 saturated heterocycles. The molecule has 0 atom stereocenters. The number of hydrogen-bond acceptors (Lipinski definition) is 0. The molecule has 0 bridgehead atoms. The molecule has 0 spiro atoms. The summed E-state index contributed by atoms with van der Waals surface area (Å²) in [6.07, 6.45) is 13.2. The molecule has 2 aromatic rings. The number of rotatable bonds is 10. The van der Waals surface area contributed by atoms with E-state index >= 15 is 0 Å². The highest BCUT2D eigenvalue weighted by atomic mass is 14.1. The molecule has 0 aromatic heterocycles. The zero-order valence-corrected chi connectivity index (χ0v) is 17.7. The second-order valence-electron chi connectivity index (χ2n) is 7.39. The summed E-state index contributed by atoms with van der Waals surface area (Å²) in [6.45, 7) is 8.96. The molecule has 0 heterocycles. The Morgan fingerprint density at radius 1 is 0.556 bits per heavy atom. The van der Waals surface area contributed by atoms with Crippen molar-refractivity contribution in [2.45, 2.75) is 99.3 Å². The van der Waals surface area contributed by atoms with Crippen molar-refractivity contribution in [2.24, 2.45) is 0 Å². The molecule has 0 aliphatic rings. The highest BCUT2D eigenvalue weighted by molar-refractivity contribution is 5.36. The Balaban J connectivity index is 0.000000728. The van der Waals surface area contributed by atoms with Crippen LogP contribution in [0, 0.1) is 6.92 Å². The van der Waals surface area contributed by atoms with E-state index in [1.807, 2.05) is 0 Å². The molecule has 0 heteroatoms. The Kier molecular flexibility index (Phi) is 15.6. The number of unbranched alkanes of at least 4 members (excludes halogenated alkanes) is 6. The van der Waals surface area contributed by atoms with Crippen molar-refractivity contribution >= 4 is 0 Å². The minimum atomic E-state index is 0. The van der Waals surface area contributed by atoms with Crippen LogP contribution in [0.2, 0.25) is 0 Å². The van der Waals surface area contributed by atoms with E-state index in [2.05, 4.69) is 76.2 Å². The molecule has 0 unspecified atom stereocenters. The summed E-state index contributed by atoms with van der Waals surface area (Å²) in [4.78, 5) is 0. The van der Waals surface area contributed by atoms with Gasteiger partial charge in [0.2, 0.25) is 0 Å². The van der Waals surface area contributed by atoms with Crippen molar-refractivity contribution < 1.29 is 0 Å². The van der Waals surface area contributed by atoms with Gasteiger partial charge < -0.3 is 0 Å². The van der Waals surface area contributed by atoms with Crippen molar-refractivity contribution in [3.05, 3.63) is 70.8 Å². The average molecular weight is 369 g/mol. The zero-order valence-electron chi connectivity index (χ0n) is 17.7. The second-order valence-corrected chi connectivity index (χ2v) is 7.39. The van der Waals surface area contributed by atoms with Crippen LogP contribution in [0.5, 0.6) is 0 Å². The third-order valence-electron chi connectivity index (χ3n) is 5.02. The monoisotopic (exact) mass is 368 g/mol. The fraction of sp³-hybridized carbons (Fsp3) is 0.556. The lowest BCUT2D eigenvalue weighted by atomic mass is 9.94. The van der Waals surface area contributed by atoms with Gasteiger partial charge in [0.1, 0.15) is 0 Å². The third-order valence-corrected chi connectivity index (χ3v) is 5.02. The van der Waals surface area contributed by atoms with E-state index in [1.54, 1.807) is 0 Å². The van der Waals surface area contributed by atoms with E-state index in [0.717, 1.165) is 6.42 Å². The molecular formula is C27H44. The van der Waals surface area contributed by atoms with E-state index in [9.17, 15) is 0 Å². The van der Waals surface area contributed by atoms with Gasteiger partial charge in [-0.15, -0.1) is 0 Å². The van der Waals surface area contributed by atoms with E-state index in [0.29, 0.717) is 0 Å². The van der Waals surface area contributed by atoms with Crippen molar-refractivity contribution in [2.75, 3.05) is 0 Å². The topological polar surface area (TPSA) is 0 Å². The Morgan fingerprint density at radius 2 is 1.04 bits per heavy atom. The lowest BCUT2D eigenvalue weighted by molar-refractivity contribution is 0.656. The zero-order chi connectivity index (χ0) is 19.0. The van der Waals surface area contributed by atoms with E-state index in [4.69, 9.17) is 0 Å². The van der Waals surface area contributed by atoms with Crippen LogP contribution in [0.3, 0.4) is 0 Å². The summed E-state index contributed by atoms with van der Waals surface area (Å²) >= 11 is 0. The van der Waals surface area contributed by atoms with Crippen molar-refractivity contribution in [3.8, 4) is 0 Å². The van der Waals surface area contributed by atoms with Gasteiger partial charge in [0.25, 0.3) is 0 Å². The van der Waals surface area contributed by atoms with E-state index < -0.39 is 0 Å². The lowest BCUT2D eigenvalue weighted by Gasteiger charge is -2.11. The molecule has 2 aromatic carbocycles. The summed E-state index contributed by atoms with van der Waals surface area (Å²) in [5.74, 6) is 0. The molecule has 0 N–H and O–H groups in total. The van der Waals surface area contributed by atoms with Crippen molar-refractivity contribution in [1.29, 1.82) is 0 Å². The van der Waals surface area contributed by atoms with Crippen molar-refractivity contribution in [1.82, 2.24) is 0 Å². The van der Waals surface area contributed by atoms with Crippen LogP contribution in [0.25, 0.3) is 0 Å². The van der Waals surface area contributed by atoms with Gasteiger partial charge in [0.05, 0.1) is 0 Å². The van der Waals surface area contributed by atoms with Gasteiger partial charge in [-0.1, -0.05) is 122 Å². The van der Waals surface area contributed by atoms with Crippen LogP contribution in [0.1, 0.15) is 102 Å². The smallest absolute Gasteiger partial charge is 0.00204 e. The van der Waals surface area contributed by atoms with Gasteiger partial charge in [0.15, 0.2) is 0 Å². The average Bonchev–Trinajstić information content (AvgIpc) is 2.66. The summed E-state index contributed by atoms with van der Waals surface area (Å²) in [6, 6.07) is 17.6. The summed E-state index contributed by atoms with van der Waals surface area (Å²) in [5.41, 5.74) is 5.86. The van der Waals surface area contributed by atoms with Gasteiger partial charge in [-0.25, -0.2) is 0 Å². The predicted molar refractivity (Wildman–Crippen MR) is 125 cm³/mol. The Bertz CT molecular complexity index is 578. The van der Waals surface area contributed by atoms with E-state index in [1.165, 1.54) is 80.0 Å². The van der Waals surface area contributed by atoms with Crippen LogP contribution in [-0.4, -0.2) is 0 Å². The molecule has 152 valence electrons. The third kappa shape index (κ3) is 11.0. The minimum absolute atomic E-state index is 0. The largest absolute Gasteiger partial charge is 0.0776 e. The van der Waals surface area contributed by atoms with Gasteiger partial charge in [0, 0.05) is 0 Å². The molecule has 2 rings (SSSR count). The quantitative estimate of drug-likeness (QED) is 0.367. The van der Waals surface area contributed by atoms with Crippen LogP contribution in [0.15, 0.2) is 48.5 Å². The molecule has 0 amide bonds. The SMILES string of the molecule is C.CCCCCCC.CCCCCc1ccccc1Cc1ccccc1C. The van der Waals surface area contributed by atoms with Gasteiger partial charge in [-0.05, 0) is 48.4 Å². The second kappa shape index (κ2) is 16.6. The standard InChI is InChI=1S/C19H24.C7H16.CH4/c1-3-4-5-11-17-12-8-9-14-19(17)15-18-13-7-6-10-16(18)2;1-3-5-7-6-4-2;/h6-10,12-14H,3-5,11,15H2,1-2H3;3-7H2,1-2H3;1H4. The highest BCUT2D eigenvalue weighted by Gasteiger charge is 2.04. The molecule has 0 aliphatic carbocycles. The number of hydrogen-bond donors (Lipinski definition) is 0. The molecule has 0 radical (unpaired) electrons. The summed E-state index contributed by atoms with van der Waals surface area (Å²) in [7, 11) is 0. The first kappa shape index (κ1) is 25.4. The molecule has 0 saturated carbocycles. The van der Waals surface area contributed by atoms with Crippen LogP contribution < -0.4 is 0 Å². The Morgan fingerprint density at radius 3 is 1.59 bits per heavy atom. The number of aryl methyl sites for hydroxylation is 2. The number of benzene rings is 2. The Hall–Kier alpha value is -1.56. The van der Waals surface area contributed by atoms with Gasteiger partial charge in [-0.3, -0.25) is 0 Å². The highest BCUT2D eigenvalue weighted by Crippen LogP contribution is 2.19. The van der Waals surface area contributed by atoms with Crippen LogP contribution >= 0.6 is 0 Å². The van der Waals surface area contributed by atoms with Gasteiger partial charge in [-0.2, -0.15) is 0 Å². The first-order chi connectivity index (χ1) is 12.7. The maximum absolute atomic E-state index is 2.29. The first-order valence-electron chi connectivity index (χ1n) is 10.8. The lowest BCUT2D eigenvalue weighted by Crippen LogP contribution is -1.97. The van der Waals surface area contributed by atoms with Crippen LogP contribution in [-0.2, 0) is 12.8 Å². The fourth-order valence-corrected chi connectivity index (χ4v) is 3.23. The summed E-state index contributed by atoms with van der Waals surface area (Å²) < 4.78 is 0. The summed E-state index contributed by atoms with van der Waals surface area (Å²) in [5, 5.41) is 0. The molecule has 0 aliphatic heterocycles.